The minimum Gasteiger partial charge on any atom is -0.333 e. The van der Waals surface area contributed by atoms with E-state index in [4.69, 9.17) is 11.6 Å². The van der Waals surface area contributed by atoms with Crippen LogP contribution in [-0.2, 0) is 9.59 Å². The monoisotopic (exact) mass is 325 g/mol. The topological polar surface area (TPSA) is 61.8 Å². The molecule has 0 aromatic heterocycles. The number of carbonyl (C=O) groups excluding carboxylic acids is 2. The van der Waals surface area contributed by atoms with Crippen molar-refractivity contribution in [1.29, 1.82) is 0 Å². The Kier molecular flexibility index (Phi) is 4.90. The Balaban J connectivity index is 2.30. The van der Waals surface area contributed by atoms with Crippen molar-refractivity contribution in [2.75, 3.05) is 16.0 Å². The third kappa shape index (κ3) is 3.77. The van der Waals surface area contributed by atoms with Gasteiger partial charge >= 0.3 is 0 Å². The summed E-state index contributed by atoms with van der Waals surface area (Å²) in [6, 6.07) is 5.34. The number of nitrogens with zero attached hydrogens (tertiary/aromatic N) is 2. The van der Waals surface area contributed by atoms with Crippen molar-refractivity contribution in [2.24, 2.45) is 4.99 Å². The quantitative estimate of drug-likeness (QED) is 0.927. The van der Waals surface area contributed by atoms with E-state index in [1.54, 1.807) is 23.1 Å². The fraction of sp³-hybridized carbons (Fsp3) is 0.357. The maximum absolute atomic E-state index is 11.8. The van der Waals surface area contributed by atoms with Crippen molar-refractivity contribution in [3.63, 3.8) is 0 Å². The summed E-state index contributed by atoms with van der Waals surface area (Å²) in [5.41, 5.74) is 1.38. The van der Waals surface area contributed by atoms with Gasteiger partial charge in [-0.15, -0.1) is 0 Å². The summed E-state index contributed by atoms with van der Waals surface area (Å²) in [6.07, 6.45) is 0. The minimum absolute atomic E-state index is 0.0382. The van der Waals surface area contributed by atoms with Gasteiger partial charge in [-0.25, -0.2) is 0 Å². The molecule has 1 aromatic carbocycles. The summed E-state index contributed by atoms with van der Waals surface area (Å²) in [5, 5.41) is 4.07. The predicted octanol–water partition coefficient (Wildman–Crippen LogP) is 3.14. The molecule has 2 amide bonds. The number of nitrogens with one attached hydrogen (secondary N) is 1. The third-order valence-corrected chi connectivity index (χ3v) is 4.07. The van der Waals surface area contributed by atoms with Gasteiger partial charge in [0.25, 0.3) is 5.91 Å². The van der Waals surface area contributed by atoms with Crippen molar-refractivity contribution < 1.29 is 9.59 Å². The maximum atomic E-state index is 11.8. The third-order valence-electron chi connectivity index (χ3n) is 2.88. The van der Waals surface area contributed by atoms with E-state index < -0.39 is 0 Å². The van der Waals surface area contributed by atoms with Crippen LogP contribution in [0.25, 0.3) is 0 Å². The molecule has 1 aliphatic rings. The van der Waals surface area contributed by atoms with Crippen LogP contribution < -0.4 is 10.2 Å². The zero-order valence-electron chi connectivity index (χ0n) is 12.0. The molecule has 0 aliphatic carbocycles. The smallest absolute Gasteiger partial charge is 0.258 e. The highest BCUT2D eigenvalue weighted by atomic mass is 35.5. The minimum atomic E-state index is -0.165. The van der Waals surface area contributed by atoms with Crippen molar-refractivity contribution in [1.82, 2.24) is 0 Å². The number of hydrogen-bond acceptors (Lipinski definition) is 4. The van der Waals surface area contributed by atoms with Gasteiger partial charge in [-0.3, -0.25) is 9.59 Å². The number of halogens is 1. The standard InChI is InChI=1S/C14H16ClN3O2S/c1-8(2)18(9(3)19)10-4-5-11(15)12(6-10)16-14-17-13(20)7-21-14/h4-6,8H,7H2,1-3H3,(H,16,17,20). The molecule has 112 valence electrons. The molecule has 1 aliphatic heterocycles. The van der Waals surface area contributed by atoms with Crippen LogP contribution in [0.2, 0.25) is 5.02 Å². The van der Waals surface area contributed by atoms with Crippen molar-refractivity contribution >= 4 is 51.7 Å². The zero-order valence-corrected chi connectivity index (χ0v) is 13.6. The Morgan fingerprint density at radius 2 is 2.19 bits per heavy atom. The number of aliphatic imine (C=N–C) groups is 1. The summed E-state index contributed by atoms with van der Waals surface area (Å²) < 4.78 is 0. The second-order valence-corrected chi connectivity index (χ2v) is 6.24. The molecule has 21 heavy (non-hydrogen) atoms. The second-order valence-electron chi connectivity index (χ2n) is 4.87. The highest BCUT2D eigenvalue weighted by molar-refractivity contribution is 8.15. The van der Waals surface area contributed by atoms with E-state index in [1.165, 1.54) is 18.7 Å². The van der Waals surface area contributed by atoms with Crippen LogP contribution >= 0.6 is 23.4 Å². The Morgan fingerprint density at radius 1 is 1.48 bits per heavy atom. The van der Waals surface area contributed by atoms with Gasteiger partial charge in [0, 0.05) is 18.7 Å². The first-order valence-corrected chi connectivity index (χ1v) is 7.85. The van der Waals surface area contributed by atoms with E-state index in [-0.39, 0.29) is 17.9 Å². The molecule has 2 rings (SSSR count). The molecule has 0 bridgehead atoms. The molecule has 0 radical (unpaired) electrons. The summed E-state index contributed by atoms with van der Waals surface area (Å²) in [5.74, 6) is 0.133. The predicted molar refractivity (Wildman–Crippen MR) is 88.3 cm³/mol. The average Bonchev–Trinajstić information content (AvgIpc) is 2.78. The van der Waals surface area contributed by atoms with Crippen LogP contribution in [0.1, 0.15) is 20.8 Å². The van der Waals surface area contributed by atoms with Gasteiger partial charge in [-0.1, -0.05) is 23.4 Å². The fourth-order valence-electron chi connectivity index (χ4n) is 2.09. The first kappa shape index (κ1) is 15.9. The first-order chi connectivity index (χ1) is 9.88. The molecule has 0 fully saturated rings. The van der Waals surface area contributed by atoms with Gasteiger partial charge in [-0.05, 0) is 32.0 Å². The largest absolute Gasteiger partial charge is 0.333 e. The Labute approximate surface area is 132 Å². The summed E-state index contributed by atoms with van der Waals surface area (Å²) in [6.45, 7) is 5.41. The highest BCUT2D eigenvalue weighted by Gasteiger charge is 2.19. The lowest BCUT2D eigenvalue weighted by molar-refractivity contribution is -0.117. The molecule has 0 saturated carbocycles. The van der Waals surface area contributed by atoms with E-state index in [0.29, 0.717) is 21.6 Å². The van der Waals surface area contributed by atoms with Crippen molar-refractivity contribution in [3.05, 3.63) is 23.2 Å². The van der Waals surface area contributed by atoms with E-state index in [9.17, 15) is 9.59 Å². The van der Waals surface area contributed by atoms with Gasteiger partial charge in [0.15, 0.2) is 5.17 Å². The number of benzene rings is 1. The number of hydrogen-bond donors (Lipinski definition) is 1. The Morgan fingerprint density at radius 3 is 2.71 bits per heavy atom. The fourth-order valence-corrected chi connectivity index (χ4v) is 2.93. The Bertz CT molecular complexity index is 616. The van der Waals surface area contributed by atoms with Crippen LogP contribution in [0.5, 0.6) is 0 Å². The van der Waals surface area contributed by atoms with Crippen LogP contribution in [0.3, 0.4) is 0 Å². The van der Waals surface area contributed by atoms with Crippen LogP contribution in [-0.4, -0.2) is 28.8 Å². The van der Waals surface area contributed by atoms with Crippen LogP contribution in [0.4, 0.5) is 11.4 Å². The van der Waals surface area contributed by atoms with Gasteiger partial charge in [0.1, 0.15) is 0 Å². The van der Waals surface area contributed by atoms with Gasteiger partial charge < -0.3 is 10.2 Å². The maximum Gasteiger partial charge on any atom is 0.258 e. The second kappa shape index (κ2) is 6.49. The summed E-state index contributed by atoms with van der Waals surface area (Å²) in [4.78, 5) is 28.5. The molecule has 0 spiro atoms. The molecular formula is C14H16ClN3O2S. The molecule has 1 aromatic rings. The average molecular weight is 326 g/mol. The van der Waals surface area contributed by atoms with E-state index in [2.05, 4.69) is 10.3 Å². The number of carbonyl (C=O) groups is 2. The molecule has 7 heteroatoms. The Hall–Kier alpha value is -1.53. The van der Waals surface area contributed by atoms with Crippen LogP contribution in [0, 0.1) is 0 Å². The number of amidine groups is 1. The lowest BCUT2D eigenvalue weighted by Crippen LogP contribution is -2.35. The zero-order chi connectivity index (χ0) is 15.6. The number of thioether (sulfide) groups is 1. The SMILES string of the molecule is CC(=O)N(c1ccc(Cl)c(NC2=NC(=O)CS2)c1)C(C)C. The van der Waals surface area contributed by atoms with Gasteiger partial charge in [0.2, 0.25) is 5.91 Å². The lowest BCUT2D eigenvalue weighted by Gasteiger charge is -2.26. The van der Waals surface area contributed by atoms with Crippen molar-refractivity contribution in [3.8, 4) is 0 Å². The first-order valence-electron chi connectivity index (χ1n) is 6.49. The van der Waals surface area contributed by atoms with E-state index in [0.717, 1.165) is 5.69 Å². The molecule has 0 unspecified atom stereocenters. The molecular weight excluding hydrogens is 310 g/mol. The molecule has 5 nitrogen and oxygen atoms in total. The molecule has 1 heterocycles. The van der Waals surface area contributed by atoms with E-state index in [1.807, 2.05) is 13.8 Å². The molecule has 0 atom stereocenters. The van der Waals surface area contributed by atoms with Gasteiger partial charge in [-0.2, -0.15) is 4.99 Å². The molecule has 1 N–H and O–H groups in total. The van der Waals surface area contributed by atoms with Crippen molar-refractivity contribution in [2.45, 2.75) is 26.8 Å². The van der Waals surface area contributed by atoms with E-state index >= 15 is 0 Å². The normalized spacial score (nSPS) is 14.3. The number of anilines is 2. The summed E-state index contributed by atoms with van der Waals surface area (Å²) in [7, 11) is 0. The number of rotatable bonds is 3. The van der Waals surface area contributed by atoms with Gasteiger partial charge in [0.05, 0.1) is 16.5 Å². The highest BCUT2D eigenvalue weighted by Crippen LogP contribution is 2.30. The molecule has 0 saturated heterocycles. The van der Waals surface area contributed by atoms with Crippen LogP contribution in [0.15, 0.2) is 23.2 Å². The number of amides is 2. The summed E-state index contributed by atoms with van der Waals surface area (Å²) >= 11 is 7.49. The lowest BCUT2D eigenvalue weighted by atomic mass is 10.2.